The van der Waals surface area contributed by atoms with E-state index in [0.717, 1.165) is 33.5 Å². The van der Waals surface area contributed by atoms with Crippen LogP contribution < -0.4 is 9.64 Å². The van der Waals surface area contributed by atoms with E-state index in [0.29, 0.717) is 11.4 Å². The van der Waals surface area contributed by atoms with Crippen molar-refractivity contribution < 1.29 is 14.3 Å². The van der Waals surface area contributed by atoms with Crippen molar-refractivity contribution in [3.63, 3.8) is 0 Å². The van der Waals surface area contributed by atoms with E-state index in [1.54, 1.807) is 31.4 Å². The number of aliphatic imine (C=N–C) groups is 1. The van der Waals surface area contributed by atoms with Gasteiger partial charge in [0.05, 0.1) is 35.7 Å². The molecule has 0 radical (unpaired) electrons. The molecule has 0 aromatic heterocycles. The summed E-state index contributed by atoms with van der Waals surface area (Å²) >= 11 is 0. The number of hydrogen-bond acceptors (Lipinski definition) is 4. The molecule has 2 bridgehead atoms. The average Bonchev–Trinajstić information content (AvgIpc) is 3.23. The standard InChI is InChI=1S/C34H28N2O3/c1-20-12-17-28(21(2)18-20)35-19-34-26-10-6-4-8-24(26)29(25-9-5-7-11-27(25)34)30-31(34)33(38)36(32(30)37)22-13-15-23(39-3)16-14-22/h4-19,29-31H,1-3H3/t29?,30-,31-,34?/m1/s1. The topological polar surface area (TPSA) is 59.0 Å². The summed E-state index contributed by atoms with van der Waals surface area (Å²) in [5, 5.41) is 0. The molecule has 8 rings (SSSR count). The van der Waals surface area contributed by atoms with Gasteiger partial charge < -0.3 is 4.74 Å². The van der Waals surface area contributed by atoms with Gasteiger partial charge in [-0.3, -0.25) is 14.6 Å². The first-order valence-electron chi connectivity index (χ1n) is 13.3. The SMILES string of the molecule is COc1ccc(N2C(=O)[C@@H]3C4c5ccccc5C(C=Nc5ccc(C)cc5C)(c5ccccc54)[C@H]3C2=O)cc1. The quantitative estimate of drug-likeness (QED) is 0.239. The first-order valence-corrected chi connectivity index (χ1v) is 13.3. The number of imide groups is 1. The Balaban J connectivity index is 1.48. The Morgan fingerprint density at radius 1 is 0.821 bits per heavy atom. The third-order valence-electron chi connectivity index (χ3n) is 8.77. The van der Waals surface area contributed by atoms with Crippen LogP contribution in [0, 0.1) is 25.7 Å². The predicted molar refractivity (Wildman–Crippen MR) is 152 cm³/mol. The first-order chi connectivity index (χ1) is 19.0. The fourth-order valence-electron chi connectivity index (χ4n) is 7.16. The molecule has 39 heavy (non-hydrogen) atoms. The van der Waals surface area contributed by atoms with E-state index >= 15 is 0 Å². The van der Waals surface area contributed by atoms with Gasteiger partial charge in [-0.25, -0.2) is 4.90 Å². The molecule has 4 aromatic rings. The van der Waals surface area contributed by atoms with E-state index in [1.165, 1.54) is 10.5 Å². The van der Waals surface area contributed by atoms with E-state index in [2.05, 4.69) is 50.2 Å². The molecule has 4 aliphatic rings. The second-order valence-corrected chi connectivity index (χ2v) is 10.8. The molecule has 5 nitrogen and oxygen atoms in total. The molecule has 4 aromatic carbocycles. The van der Waals surface area contributed by atoms with Crippen LogP contribution in [-0.2, 0) is 15.0 Å². The van der Waals surface area contributed by atoms with E-state index < -0.39 is 17.3 Å². The van der Waals surface area contributed by atoms with Crippen molar-refractivity contribution in [2.24, 2.45) is 16.8 Å². The van der Waals surface area contributed by atoms with Gasteiger partial charge in [-0.15, -0.1) is 0 Å². The molecule has 1 aliphatic heterocycles. The van der Waals surface area contributed by atoms with Crippen molar-refractivity contribution >= 4 is 29.4 Å². The Bertz CT molecular complexity index is 1640. The minimum atomic E-state index is -0.877. The van der Waals surface area contributed by atoms with Crippen molar-refractivity contribution in [2.45, 2.75) is 25.2 Å². The van der Waals surface area contributed by atoms with Gasteiger partial charge in [0, 0.05) is 12.1 Å². The Hall–Kier alpha value is -4.51. The van der Waals surface area contributed by atoms with Crippen LogP contribution in [0.1, 0.15) is 39.3 Å². The summed E-state index contributed by atoms with van der Waals surface area (Å²) in [7, 11) is 1.60. The van der Waals surface area contributed by atoms with Crippen LogP contribution in [0.2, 0.25) is 0 Å². The zero-order valence-corrected chi connectivity index (χ0v) is 22.1. The minimum absolute atomic E-state index is 0.159. The molecule has 0 spiro atoms. The Labute approximate surface area is 227 Å². The van der Waals surface area contributed by atoms with Gasteiger partial charge in [-0.2, -0.15) is 0 Å². The fourth-order valence-corrected chi connectivity index (χ4v) is 7.16. The highest BCUT2D eigenvalue weighted by atomic mass is 16.5. The molecule has 1 fully saturated rings. The van der Waals surface area contributed by atoms with Crippen molar-refractivity contribution in [1.29, 1.82) is 0 Å². The first kappa shape index (κ1) is 23.6. The van der Waals surface area contributed by atoms with Gasteiger partial charge in [0.25, 0.3) is 0 Å². The van der Waals surface area contributed by atoms with Crippen molar-refractivity contribution in [2.75, 3.05) is 12.0 Å². The fraction of sp³-hybridized carbons (Fsp3) is 0.206. The number of amides is 2. The minimum Gasteiger partial charge on any atom is -0.497 e. The normalized spacial score (nSPS) is 24.6. The number of methoxy groups -OCH3 is 1. The van der Waals surface area contributed by atoms with Crippen LogP contribution in [0.3, 0.4) is 0 Å². The van der Waals surface area contributed by atoms with Gasteiger partial charge in [-0.1, -0.05) is 66.2 Å². The van der Waals surface area contributed by atoms with E-state index in [4.69, 9.17) is 9.73 Å². The monoisotopic (exact) mass is 512 g/mol. The molecule has 0 unspecified atom stereocenters. The smallest absolute Gasteiger partial charge is 0.239 e. The zero-order chi connectivity index (χ0) is 26.9. The third kappa shape index (κ3) is 3.16. The van der Waals surface area contributed by atoms with Crippen LogP contribution in [0.5, 0.6) is 5.75 Å². The van der Waals surface area contributed by atoms with Gasteiger partial charge >= 0.3 is 0 Å². The number of rotatable bonds is 4. The lowest BCUT2D eigenvalue weighted by Gasteiger charge is -2.52. The zero-order valence-electron chi connectivity index (χ0n) is 22.1. The van der Waals surface area contributed by atoms with Crippen LogP contribution >= 0.6 is 0 Å². The molecular formula is C34H28N2O3. The predicted octanol–water partition coefficient (Wildman–Crippen LogP) is 6.27. The summed E-state index contributed by atoms with van der Waals surface area (Å²) in [4.78, 5) is 35.1. The number of nitrogens with zero attached hydrogens (tertiary/aromatic N) is 2. The summed E-state index contributed by atoms with van der Waals surface area (Å²) < 4.78 is 5.31. The lowest BCUT2D eigenvalue weighted by Crippen LogP contribution is -2.54. The lowest BCUT2D eigenvalue weighted by atomic mass is 9.47. The number of anilines is 1. The van der Waals surface area contributed by atoms with Gasteiger partial charge in [0.15, 0.2) is 0 Å². The van der Waals surface area contributed by atoms with Gasteiger partial charge in [-0.05, 0) is 72.0 Å². The van der Waals surface area contributed by atoms with Crippen LogP contribution in [0.4, 0.5) is 11.4 Å². The second-order valence-electron chi connectivity index (χ2n) is 10.8. The summed E-state index contributed by atoms with van der Waals surface area (Å²) in [5.74, 6) is -0.984. The number of benzene rings is 4. The van der Waals surface area contributed by atoms with Crippen LogP contribution in [0.25, 0.3) is 0 Å². The Kier molecular flexibility index (Phi) is 5.14. The van der Waals surface area contributed by atoms with E-state index in [9.17, 15) is 9.59 Å². The molecule has 192 valence electrons. The largest absolute Gasteiger partial charge is 0.497 e. The van der Waals surface area contributed by atoms with Crippen molar-refractivity contribution in [1.82, 2.24) is 0 Å². The summed E-state index contributed by atoms with van der Waals surface area (Å²) in [6, 6.07) is 29.8. The van der Waals surface area contributed by atoms with Gasteiger partial charge in [0.1, 0.15) is 5.75 Å². The van der Waals surface area contributed by atoms with Crippen LogP contribution in [-0.4, -0.2) is 25.1 Å². The molecule has 0 N–H and O–H groups in total. The number of carbonyl (C=O) groups is 2. The van der Waals surface area contributed by atoms with Crippen molar-refractivity contribution in [3.05, 3.63) is 124 Å². The number of carbonyl (C=O) groups excluding carboxylic acids is 2. The summed E-state index contributed by atoms with van der Waals surface area (Å²) in [6.45, 7) is 4.12. The Morgan fingerprint density at radius 2 is 1.46 bits per heavy atom. The molecule has 0 saturated carbocycles. The maximum absolute atomic E-state index is 14.5. The molecule has 2 atom stereocenters. The van der Waals surface area contributed by atoms with Crippen molar-refractivity contribution in [3.8, 4) is 5.75 Å². The number of ether oxygens (including phenoxy) is 1. The van der Waals surface area contributed by atoms with E-state index in [-0.39, 0.29) is 17.7 Å². The third-order valence-corrected chi connectivity index (χ3v) is 8.77. The highest BCUT2D eigenvalue weighted by molar-refractivity contribution is 6.25. The molecule has 2 amide bonds. The summed E-state index contributed by atoms with van der Waals surface area (Å²) in [5.41, 5.74) is 7.10. The average molecular weight is 513 g/mol. The highest BCUT2D eigenvalue weighted by Crippen LogP contribution is 2.63. The molecule has 5 heteroatoms. The lowest BCUT2D eigenvalue weighted by molar-refractivity contribution is -0.122. The number of aryl methyl sites for hydroxylation is 2. The highest BCUT2D eigenvalue weighted by Gasteiger charge is 2.67. The molecule has 1 heterocycles. The van der Waals surface area contributed by atoms with Crippen LogP contribution in [0.15, 0.2) is 96.0 Å². The second kappa shape index (κ2) is 8.50. The molecule has 3 aliphatic carbocycles. The maximum atomic E-state index is 14.5. The molecular weight excluding hydrogens is 484 g/mol. The van der Waals surface area contributed by atoms with Gasteiger partial charge in [0.2, 0.25) is 11.8 Å². The summed E-state index contributed by atoms with van der Waals surface area (Å²) in [6.07, 6.45) is 1.96. The maximum Gasteiger partial charge on any atom is 0.239 e. The Morgan fingerprint density at radius 3 is 2.08 bits per heavy atom. The molecule has 1 saturated heterocycles. The van der Waals surface area contributed by atoms with E-state index in [1.807, 2.05) is 36.5 Å². The number of hydrogen-bond donors (Lipinski definition) is 0.